The van der Waals surface area contributed by atoms with E-state index in [4.69, 9.17) is 0 Å². The van der Waals surface area contributed by atoms with Crippen LogP contribution in [0.4, 0.5) is 0 Å². The van der Waals surface area contributed by atoms with E-state index in [-0.39, 0.29) is 23.3 Å². The fraction of sp³-hybridized carbons (Fsp3) is 0.500. The summed E-state index contributed by atoms with van der Waals surface area (Å²) in [7, 11) is 0. The van der Waals surface area contributed by atoms with Gasteiger partial charge in [0.05, 0.1) is 11.1 Å². The van der Waals surface area contributed by atoms with Crippen LogP contribution in [0, 0.1) is 6.92 Å². The molecule has 0 radical (unpaired) electrons. The Hall–Kier alpha value is -1.94. The van der Waals surface area contributed by atoms with Gasteiger partial charge in [-0.2, -0.15) is 0 Å². The smallest absolute Gasteiger partial charge is 0.257 e. The minimum Gasteiger partial charge on any atom is -0.367 e. The molecule has 0 spiro atoms. The summed E-state index contributed by atoms with van der Waals surface area (Å²) in [4.78, 5) is 27.0. The summed E-state index contributed by atoms with van der Waals surface area (Å²) in [6.45, 7) is 4.98. The second kappa shape index (κ2) is 6.17. The van der Waals surface area contributed by atoms with Crippen LogP contribution >= 0.6 is 0 Å². The van der Waals surface area contributed by atoms with Crippen molar-refractivity contribution in [1.82, 2.24) is 4.90 Å². The average molecular weight is 327 g/mol. The molecular weight excluding hydrogens is 302 g/mol. The first kappa shape index (κ1) is 16.9. The Bertz CT molecular complexity index is 694. The van der Waals surface area contributed by atoms with Crippen LogP contribution in [0.3, 0.4) is 0 Å². The van der Waals surface area contributed by atoms with Gasteiger partial charge in [-0.25, -0.2) is 0 Å². The highest BCUT2D eigenvalue weighted by Gasteiger charge is 2.51. The van der Waals surface area contributed by atoms with Crippen molar-refractivity contribution in [3.63, 3.8) is 0 Å². The lowest BCUT2D eigenvalue weighted by Crippen LogP contribution is -2.52. The summed E-state index contributed by atoms with van der Waals surface area (Å²) >= 11 is 0. The fourth-order valence-corrected chi connectivity index (χ4v) is 4.14. The van der Waals surface area contributed by atoms with Crippen molar-refractivity contribution in [3.05, 3.63) is 41.0 Å². The summed E-state index contributed by atoms with van der Waals surface area (Å²) < 4.78 is 0. The Morgan fingerprint density at radius 3 is 2.29 bits per heavy atom. The molecule has 1 aromatic rings. The van der Waals surface area contributed by atoms with Gasteiger partial charge in [0.15, 0.2) is 11.5 Å². The second-order valence-corrected chi connectivity index (χ2v) is 7.16. The van der Waals surface area contributed by atoms with E-state index in [9.17, 15) is 14.7 Å². The molecule has 4 nitrogen and oxygen atoms in total. The minimum absolute atomic E-state index is 0.00134. The zero-order chi connectivity index (χ0) is 17.5. The normalized spacial score (nSPS) is 25.5. The van der Waals surface area contributed by atoms with Crippen molar-refractivity contribution in [2.75, 3.05) is 0 Å². The van der Waals surface area contributed by atoms with Crippen LogP contribution in [0.2, 0.25) is 0 Å². The predicted octanol–water partition coefficient (Wildman–Crippen LogP) is 3.22. The predicted molar refractivity (Wildman–Crippen MR) is 93.1 cm³/mol. The zero-order valence-corrected chi connectivity index (χ0v) is 14.6. The van der Waals surface area contributed by atoms with Gasteiger partial charge >= 0.3 is 0 Å². The molecule has 1 aliphatic heterocycles. The van der Waals surface area contributed by atoms with Crippen LogP contribution in [0.25, 0.3) is 5.57 Å². The standard InChI is InChI=1S/C20H25NO3/c1-13-9-11-15(12-10-13)17-18(14(2)22)20(3,24)21(19(17)23)16-7-5-4-6-8-16/h9-12,16,24H,4-8H2,1-3H3. The number of hydrogen-bond acceptors (Lipinski definition) is 3. The first-order valence-corrected chi connectivity index (χ1v) is 8.73. The van der Waals surface area contributed by atoms with E-state index in [0.29, 0.717) is 11.1 Å². The number of ketones is 1. The zero-order valence-electron chi connectivity index (χ0n) is 14.6. The highest BCUT2D eigenvalue weighted by Crippen LogP contribution is 2.42. The van der Waals surface area contributed by atoms with Gasteiger partial charge in [0.2, 0.25) is 0 Å². The third kappa shape index (κ3) is 2.69. The topological polar surface area (TPSA) is 57.6 Å². The number of carbonyl (C=O) groups is 2. The molecule has 1 atom stereocenters. The molecule has 1 saturated carbocycles. The van der Waals surface area contributed by atoms with Crippen molar-refractivity contribution < 1.29 is 14.7 Å². The molecule has 1 fully saturated rings. The summed E-state index contributed by atoms with van der Waals surface area (Å²) in [5.41, 5.74) is 0.838. The number of aryl methyl sites for hydroxylation is 1. The molecule has 1 heterocycles. The van der Waals surface area contributed by atoms with Crippen molar-refractivity contribution in [2.45, 2.75) is 64.6 Å². The van der Waals surface area contributed by atoms with Gasteiger partial charge in [0.1, 0.15) is 0 Å². The number of carbonyl (C=O) groups excluding carboxylic acids is 2. The number of Topliss-reactive ketones (excluding diaryl/α,β-unsaturated/α-hetero) is 1. The van der Waals surface area contributed by atoms with Gasteiger partial charge in [0.25, 0.3) is 5.91 Å². The number of aliphatic hydroxyl groups is 1. The van der Waals surface area contributed by atoms with E-state index in [1.807, 2.05) is 31.2 Å². The average Bonchev–Trinajstić information content (AvgIpc) is 2.75. The molecule has 1 N–H and O–H groups in total. The lowest BCUT2D eigenvalue weighted by Gasteiger charge is -2.40. The second-order valence-electron chi connectivity index (χ2n) is 7.16. The van der Waals surface area contributed by atoms with E-state index in [1.165, 1.54) is 13.3 Å². The van der Waals surface area contributed by atoms with Crippen molar-refractivity contribution in [2.24, 2.45) is 0 Å². The van der Waals surface area contributed by atoms with Crippen LogP contribution < -0.4 is 0 Å². The maximum atomic E-state index is 13.2. The van der Waals surface area contributed by atoms with Gasteiger partial charge in [0, 0.05) is 6.04 Å². The Morgan fingerprint density at radius 1 is 1.17 bits per heavy atom. The van der Waals surface area contributed by atoms with E-state index in [2.05, 4.69) is 0 Å². The molecule has 1 amide bonds. The number of benzene rings is 1. The van der Waals surface area contributed by atoms with Crippen LogP contribution in [-0.4, -0.2) is 33.5 Å². The molecule has 1 aromatic carbocycles. The first-order chi connectivity index (χ1) is 11.3. The van der Waals surface area contributed by atoms with E-state index in [1.54, 1.807) is 11.8 Å². The van der Waals surface area contributed by atoms with Crippen LogP contribution in [0.1, 0.15) is 57.1 Å². The van der Waals surface area contributed by atoms with Crippen molar-refractivity contribution >= 4 is 17.3 Å². The maximum Gasteiger partial charge on any atom is 0.257 e. The summed E-state index contributed by atoms with van der Waals surface area (Å²) in [6, 6.07) is 7.55. The molecular formula is C20H25NO3. The highest BCUT2D eigenvalue weighted by molar-refractivity contribution is 6.29. The number of hydrogen-bond donors (Lipinski definition) is 1. The van der Waals surface area contributed by atoms with Gasteiger partial charge in [-0.3, -0.25) is 9.59 Å². The molecule has 2 aliphatic rings. The third-order valence-electron chi connectivity index (χ3n) is 5.26. The number of rotatable bonds is 3. The Balaban J connectivity index is 2.09. The fourth-order valence-electron chi connectivity index (χ4n) is 4.14. The van der Waals surface area contributed by atoms with E-state index in [0.717, 1.165) is 31.2 Å². The monoisotopic (exact) mass is 327 g/mol. The molecule has 0 saturated heterocycles. The Kier molecular flexibility index (Phi) is 4.35. The quantitative estimate of drug-likeness (QED) is 0.927. The van der Waals surface area contributed by atoms with Crippen molar-refractivity contribution in [3.8, 4) is 0 Å². The third-order valence-corrected chi connectivity index (χ3v) is 5.26. The van der Waals surface area contributed by atoms with Gasteiger partial charge in [-0.1, -0.05) is 49.1 Å². The molecule has 24 heavy (non-hydrogen) atoms. The molecule has 1 aliphatic carbocycles. The molecule has 4 heteroatoms. The molecule has 3 rings (SSSR count). The summed E-state index contributed by atoms with van der Waals surface area (Å²) in [6.07, 6.45) is 5.04. The van der Waals surface area contributed by atoms with Gasteiger partial charge < -0.3 is 10.0 Å². The molecule has 1 unspecified atom stereocenters. The first-order valence-electron chi connectivity index (χ1n) is 8.73. The molecule has 128 valence electrons. The summed E-state index contributed by atoms with van der Waals surface area (Å²) in [5, 5.41) is 11.1. The van der Waals surface area contributed by atoms with Gasteiger partial charge in [-0.05, 0) is 39.2 Å². The Labute approximate surface area is 143 Å². The van der Waals surface area contributed by atoms with Crippen LogP contribution in [-0.2, 0) is 9.59 Å². The lowest BCUT2D eigenvalue weighted by molar-refractivity contribution is -0.147. The minimum atomic E-state index is -1.54. The SMILES string of the molecule is CC(=O)C1=C(c2ccc(C)cc2)C(=O)N(C2CCCCC2)C1(C)O. The molecule has 0 aromatic heterocycles. The van der Waals surface area contributed by atoms with E-state index >= 15 is 0 Å². The number of amides is 1. The van der Waals surface area contributed by atoms with Crippen LogP contribution in [0.15, 0.2) is 29.8 Å². The number of nitrogens with zero attached hydrogens (tertiary/aromatic N) is 1. The summed E-state index contributed by atoms with van der Waals surface area (Å²) in [5.74, 6) is -0.469. The maximum absolute atomic E-state index is 13.2. The molecule has 0 bridgehead atoms. The van der Waals surface area contributed by atoms with Crippen LogP contribution in [0.5, 0.6) is 0 Å². The van der Waals surface area contributed by atoms with Crippen molar-refractivity contribution in [1.29, 1.82) is 0 Å². The van der Waals surface area contributed by atoms with Gasteiger partial charge in [-0.15, -0.1) is 0 Å². The lowest BCUT2D eigenvalue weighted by atomic mass is 9.91. The van der Waals surface area contributed by atoms with E-state index < -0.39 is 5.72 Å². The highest BCUT2D eigenvalue weighted by atomic mass is 16.3. The largest absolute Gasteiger partial charge is 0.367 e. The Morgan fingerprint density at radius 2 is 1.75 bits per heavy atom.